The van der Waals surface area contributed by atoms with Crippen LogP contribution in [0.3, 0.4) is 0 Å². The average Bonchev–Trinajstić information content (AvgIpc) is 3.13. The molecule has 124 valence electrons. The van der Waals surface area contributed by atoms with Crippen LogP contribution in [0.5, 0.6) is 0 Å². The van der Waals surface area contributed by atoms with Crippen LogP contribution in [0.25, 0.3) is 0 Å². The van der Waals surface area contributed by atoms with Crippen molar-refractivity contribution in [3.63, 3.8) is 0 Å². The summed E-state index contributed by atoms with van der Waals surface area (Å²) >= 11 is 0. The first-order chi connectivity index (χ1) is 11.1. The van der Waals surface area contributed by atoms with E-state index in [0.717, 1.165) is 43.1 Å². The van der Waals surface area contributed by atoms with Crippen molar-refractivity contribution < 1.29 is 9.53 Å². The molecule has 0 aromatic carbocycles. The number of methoxy groups -OCH3 is 1. The van der Waals surface area contributed by atoms with E-state index in [9.17, 15) is 4.79 Å². The molecule has 0 spiro atoms. The number of piperidine rings is 1. The summed E-state index contributed by atoms with van der Waals surface area (Å²) in [6.45, 7) is 4.15. The van der Waals surface area contributed by atoms with Gasteiger partial charge in [0.1, 0.15) is 18.1 Å². The molecule has 23 heavy (non-hydrogen) atoms. The van der Waals surface area contributed by atoms with Crippen molar-refractivity contribution in [3.05, 3.63) is 41.7 Å². The molecule has 1 amide bonds. The van der Waals surface area contributed by atoms with Gasteiger partial charge in [-0.15, -0.1) is 0 Å². The van der Waals surface area contributed by atoms with E-state index in [1.165, 1.54) is 0 Å². The zero-order chi connectivity index (χ0) is 16.4. The SMILES string of the molecule is COCc1ncc(C)n1C1CCN(C(=O)c2cccn2C)CC1. The van der Waals surface area contributed by atoms with E-state index < -0.39 is 0 Å². The Labute approximate surface area is 136 Å². The normalized spacial score (nSPS) is 16.0. The van der Waals surface area contributed by atoms with Crippen molar-refractivity contribution in [1.82, 2.24) is 19.0 Å². The van der Waals surface area contributed by atoms with Crippen LogP contribution in [-0.2, 0) is 18.4 Å². The van der Waals surface area contributed by atoms with Crippen molar-refractivity contribution in [3.8, 4) is 0 Å². The van der Waals surface area contributed by atoms with Crippen LogP contribution in [0, 0.1) is 6.92 Å². The van der Waals surface area contributed by atoms with Gasteiger partial charge in [-0.2, -0.15) is 0 Å². The number of hydrogen-bond donors (Lipinski definition) is 0. The minimum Gasteiger partial charge on any atom is -0.377 e. The molecule has 1 fully saturated rings. The quantitative estimate of drug-likeness (QED) is 0.868. The minimum absolute atomic E-state index is 0.121. The summed E-state index contributed by atoms with van der Waals surface area (Å²) in [6.07, 6.45) is 5.70. The third-order valence-corrected chi connectivity index (χ3v) is 4.61. The van der Waals surface area contributed by atoms with Crippen molar-refractivity contribution in [2.45, 2.75) is 32.4 Å². The van der Waals surface area contributed by atoms with Gasteiger partial charge < -0.3 is 18.8 Å². The maximum atomic E-state index is 12.6. The molecule has 0 aliphatic carbocycles. The van der Waals surface area contributed by atoms with Crippen LogP contribution in [0.1, 0.15) is 40.9 Å². The number of carbonyl (C=O) groups is 1. The molecule has 3 rings (SSSR count). The fourth-order valence-electron chi connectivity index (χ4n) is 3.40. The fourth-order valence-corrected chi connectivity index (χ4v) is 3.40. The van der Waals surface area contributed by atoms with Gasteiger partial charge in [0.05, 0.1) is 0 Å². The first kappa shape index (κ1) is 15.8. The number of hydrogen-bond acceptors (Lipinski definition) is 3. The van der Waals surface area contributed by atoms with E-state index in [-0.39, 0.29) is 5.91 Å². The Balaban J connectivity index is 1.68. The molecule has 0 atom stereocenters. The molecular weight excluding hydrogens is 292 g/mol. The molecule has 2 aromatic heterocycles. The Kier molecular flexibility index (Phi) is 4.52. The first-order valence-corrected chi connectivity index (χ1v) is 8.04. The minimum atomic E-state index is 0.121. The predicted octanol–water partition coefficient (Wildman–Crippen LogP) is 2.15. The highest BCUT2D eigenvalue weighted by Crippen LogP contribution is 2.26. The maximum absolute atomic E-state index is 12.6. The lowest BCUT2D eigenvalue weighted by Crippen LogP contribution is -2.40. The highest BCUT2D eigenvalue weighted by Gasteiger charge is 2.27. The van der Waals surface area contributed by atoms with E-state index in [0.29, 0.717) is 12.6 Å². The molecule has 6 heteroatoms. The largest absolute Gasteiger partial charge is 0.377 e. The number of ether oxygens (including phenoxy) is 1. The number of aromatic nitrogens is 3. The second kappa shape index (κ2) is 6.58. The number of imidazole rings is 1. The summed E-state index contributed by atoms with van der Waals surface area (Å²) in [7, 11) is 3.60. The molecule has 0 radical (unpaired) electrons. The third kappa shape index (κ3) is 3.03. The summed E-state index contributed by atoms with van der Waals surface area (Å²) in [5, 5.41) is 0. The molecule has 2 aromatic rings. The molecule has 0 unspecified atom stereocenters. The van der Waals surface area contributed by atoms with Gasteiger partial charge in [0.15, 0.2) is 0 Å². The zero-order valence-corrected chi connectivity index (χ0v) is 14.0. The summed E-state index contributed by atoms with van der Waals surface area (Å²) < 4.78 is 9.40. The highest BCUT2D eigenvalue weighted by molar-refractivity contribution is 5.92. The molecule has 3 heterocycles. The van der Waals surface area contributed by atoms with E-state index in [2.05, 4.69) is 16.5 Å². The van der Waals surface area contributed by atoms with Crippen LogP contribution < -0.4 is 0 Å². The summed E-state index contributed by atoms with van der Waals surface area (Å²) in [4.78, 5) is 19.0. The van der Waals surface area contributed by atoms with Crippen molar-refractivity contribution >= 4 is 5.91 Å². The van der Waals surface area contributed by atoms with Gasteiger partial charge in [-0.3, -0.25) is 4.79 Å². The first-order valence-electron chi connectivity index (χ1n) is 8.04. The zero-order valence-electron chi connectivity index (χ0n) is 14.0. The second-order valence-electron chi connectivity index (χ2n) is 6.15. The van der Waals surface area contributed by atoms with Gasteiger partial charge >= 0.3 is 0 Å². The Hall–Kier alpha value is -2.08. The predicted molar refractivity (Wildman–Crippen MR) is 87.3 cm³/mol. The van der Waals surface area contributed by atoms with Gasteiger partial charge in [0.25, 0.3) is 5.91 Å². The van der Waals surface area contributed by atoms with E-state index in [1.807, 2.05) is 41.0 Å². The molecule has 1 aliphatic heterocycles. The van der Waals surface area contributed by atoms with Crippen LogP contribution in [-0.4, -0.2) is 45.1 Å². The van der Waals surface area contributed by atoms with Crippen LogP contribution in [0.4, 0.5) is 0 Å². The molecule has 0 N–H and O–H groups in total. The van der Waals surface area contributed by atoms with Crippen molar-refractivity contribution in [2.75, 3.05) is 20.2 Å². The monoisotopic (exact) mass is 316 g/mol. The van der Waals surface area contributed by atoms with Crippen LogP contribution in [0.15, 0.2) is 24.5 Å². The molecule has 0 bridgehead atoms. The van der Waals surface area contributed by atoms with Gasteiger partial charge in [0, 0.05) is 51.4 Å². The maximum Gasteiger partial charge on any atom is 0.270 e. The van der Waals surface area contributed by atoms with Gasteiger partial charge in [-0.1, -0.05) is 0 Å². The molecular formula is C17H24N4O2. The smallest absolute Gasteiger partial charge is 0.270 e. The number of likely N-dealkylation sites (tertiary alicyclic amines) is 1. The molecule has 1 aliphatic rings. The number of rotatable bonds is 4. The van der Waals surface area contributed by atoms with E-state index in [4.69, 9.17) is 4.74 Å². The summed E-state index contributed by atoms with van der Waals surface area (Å²) in [5.74, 6) is 1.09. The molecule has 6 nitrogen and oxygen atoms in total. The van der Waals surface area contributed by atoms with Crippen molar-refractivity contribution in [2.24, 2.45) is 7.05 Å². The van der Waals surface area contributed by atoms with Gasteiger partial charge in [-0.05, 0) is 31.9 Å². The lowest BCUT2D eigenvalue weighted by molar-refractivity contribution is 0.0680. The number of carbonyl (C=O) groups excluding carboxylic acids is 1. The Morgan fingerprint density at radius 3 is 2.74 bits per heavy atom. The standard InChI is InChI=1S/C17H24N4O2/c1-13-11-18-16(12-23-3)21(13)14-6-9-20(10-7-14)17(22)15-5-4-8-19(15)2/h4-5,8,11,14H,6-7,9-10,12H2,1-3H3. The van der Waals surface area contributed by atoms with E-state index in [1.54, 1.807) is 7.11 Å². The Morgan fingerprint density at radius 2 is 2.13 bits per heavy atom. The Morgan fingerprint density at radius 1 is 1.39 bits per heavy atom. The fraction of sp³-hybridized carbons (Fsp3) is 0.529. The molecule has 1 saturated heterocycles. The topological polar surface area (TPSA) is 52.3 Å². The molecule has 0 saturated carbocycles. The highest BCUT2D eigenvalue weighted by atomic mass is 16.5. The number of nitrogens with zero attached hydrogens (tertiary/aromatic N) is 4. The van der Waals surface area contributed by atoms with Crippen molar-refractivity contribution in [1.29, 1.82) is 0 Å². The lowest BCUT2D eigenvalue weighted by Gasteiger charge is -2.34. The van der Waals surface area contributed by atoms with E-state index >= 15 is 0 Å². The lowest BCUT2D eigenvalue weighted by atomic mass is 10.0. The van der Waals surface area contributed by atoms with Gasteiger partial charge in [0.2, 0.25) is 0 Å². The van der Waals surface area contributed by atoms with Crippen LogP contribution >= 0.6 is 0 Å². The third-order valence-electron chi connectivity index (χ3n) is 4.61. The van der Waals surface area contributed by atoms with Crippen LogP contribution in [0.2, 0.25) is 0 Å². The number of aryl methyl sites for hydroxylation is 2. The summed E-state index contributed by atoms with van der Waals surface area (Å²) in [5.41, 5.74) is 1.91. The average molecular weight is 316 g/mol. The number of amides is 1. The van der Waals surface area contributed by atoms with Gasteiger partial charge in [-0.25, -0.2) is 4.98 Å². The Bertz CT molecular complexity index is 681. The summed E-state index contributed by atoms with van der Waals surface area (Å²) in [6, 6.07) is 4.18. The second-order valence-corrected chi connectivity index (χ2v) is 6.15.